The van der Waals surface area contributed by atoms with Gasteiger partial charge in [0, 0.05) is 21.0 Å². The first-order chi connectivity index (χ1) is 9.13. The number of thioether (sulfide) groups is 1. The average molecular weight is 313 g/mol. The molecule has 0 saturated carbocycles. The van der Waals surface area contributed by atoms with Crippen LogP contribution in [0.4, 0.5) is 0 Å². The monoisotopic (exact) mass is 312 g/mol. The van der Waals surface area contributed by atoms with Gasteiger partial charge in [0.2, 0.25) is 5.91 Å². The van der Waals surface area contributed by atoms with E-state index < -0.39 is 0 Å². The van der Waals surface area contributed by atoms with Gasteiger partial charge in [0.15, 0.2) is 0 Å². The number of aryl methyl sites for hydroxylation is 1. The highest BCUT2D eigenvalue weighted by atomic mass is 35.5. The molecule has 1 heterocycles. The Morgan fingerprint density at radius 3 is 2.79 bits per heavy atom. The van der Waals surface area contributed by atoms with E-state index in [0.29, 0.717) is 17.3 Å². The highest BCUT2D eigenvalue weighted by Crippen LogP contribution is 2.20. The number of nitrogens with zero attached hydrogens (tertiary/aromatic N) is 1. The Labute approximate surface area is 125 Å². The summed E-state index contributed by atoms with van der Waals surface area (Å²) in [6, 6.07) is 7.46. The van der Waals surface area contributed by atoms with Crippen molar-refractivity contribution < 1.29 is 4.79 Å². The lowest BCUT2D eigenvalue weighted by atomic mass is 10.4. The molecule has 0 saturated heterocycles. The maximum atomic E-state index is 11.7. The third-order valence-corrected chi connectivity index (χ3v) is 4.49. The molecular formula is C13H13ClN2OS2. The zero-order chi connectivity index (χ0) is 13.7. The fraction of sp³-hybridized carbons (Fsp3) is 0.231. The van der Waals surface area contributed by atoms with E-state index in [-0.39, 0.29) is 5.91 Å². The molecule has 0 aliphatic heterocycles. The van der Waals surface area contributed by atoms with Crippen molar-refractivity contribution in [1.29, 1.82) is 0 Å². The number of carbonyl (C=O) groups excluding carboxylic acids is 1. The van der Waals surface area contributed by atoms with Crippen LogP contribution in [0.5, 0.6) is 0 Å². The maximum Gasteiger partial charge on any atom is 0.230 e. The summed E-state index contributed by atoms with van der Waals surface area (Å²) in [4.78, 5) is 17.9. The molecule has 0 aliphatic rings. The topological polar surface area (TPSA) is 42.0 Å². The molecule has 2 aromatic rings. The van der Waals surface area contributed by atoms with Gasteiger partial charge >= 0.3 is 0 Å². The minimum absolute atomic E-state index is 0.0194. The molecule has 0 aliphatic carbocycles. The van der Waals surface area contributed by atoms with Crippen molar-refractivity contribution in [3.8, 4) is 0 Å². The molecular weight excluding hydrogens is 300 g/mol. The van der Waals surface area contributed by atoms with Crippen molar-refractivity contribution in [3.63, 3.8) is 0 Å². The van der Waals surface area contributed by atoms with Crippen molar-refractivity contribution in [3.05, 3.63) is 45.4 Å². The lowest BCUT2D eigenvalue weighted by molar-refractivity contribution is -0.118. The fourth-order valence-corrected chi connectivity index (χ4v) is 2.99. The van der Waals surface area contributed by atoms with Gasteiger partial charge in [-0.15, -0.1) is 23.1 Å². The van der Waals surface area contributed by atoms with Gasteiger partial charge in [-0.1, -0.05) is 11.6 Å². The number of amides is 1. The van der Waals surface area contributed by atoms with Gasteiger partial charge in [0.25, 0.3) is 0 Å². The summed E-state index contributed by atoms with van der Waals surface area (Å²) in [6.07, 6.45) is 1.80. The maximum absolute atomic E-state index is 11.7. The predicted octanol–water partition coefficient (Wildman–Crippen LogP) is 3.51. The Morgan fingerprint density at radius 1 is 1.42 bits per heavy atom. The second-order valence-electron chi connectivity index (χ2n) is 3.86. The molecule has 19 heavy (non-hydrogen) atoms. The minimum atomic E-state index is 0.0194. The summed E-state index contributed by atoms with van der Waals surface area (Å²) in [7, 11) is 0. The van der Waals surface area contributed by atoms with Crippen LogP contribution in [-0.2, 0) is 11.3 Å². The van der Waals surface area contributed by atoms with Crippen LogP contribution >= 0.6 is 34.7 Å². The molecule has 0 bridgehead atoms. The number of benzene rings is 1. The van der Waals surface area contributed by atoms with Crippen LogP contribution in [0.15, 0.2) is 35.4 Å². The van der Waals surface area contributed by atoms with E-state index in [4.69, 9.17) is 11.6 Å². The molecule has 0 radical (unpaired) electrons. The minimum Gasteiger partial charge on any atom is -0.350 e. The molecule has 3 nitrogen and oxygen atoms in total. The third kappa shape index (κ3) is 4.86. The molecule has 2 rings (SSSR count). The lowest BCUT2D eigenvalue weighted by Gasteiger charge is -2.03. The van der Waals surface area contributed by atoms with Gasteiger partial charge < -0.3 is 5.32 Å². The Balaban J connectivity index is 1.74. The largest absolute Gasteiger partial charge is 0.350 e. The third-order valence-electron chi connectivity index (χ3n) is 2.31. The van der Waals surface area contributed by atoms with Crippen LogP contribution in [0.2, 0.25) is 5.02 Å². The first-order valence-corrected chi connectivity index (χ1v) is 7.88. The average Bonchev–Trinajstić information content (AvgIpc) is 2.81. The van der Waals surface area contributed by atoms with Crippen molar-refractivity contribution >= 4 is 40.6 Å². The van der Waals surface area contributed by atoms with Crippen LogP contribution in [-0.4, -0.2) is 16.6 Å². The summed E-state index contributed by atoms with van der Waals surface area (Å²) in [5.74, 6) is 0.422. The van der Waals surface area contributed by atoms with Crippen molar-refractivity contribution in [1.82, 2.24) is 10.3 Å². The van der Waals surface area contributed by atoms with Crippen molar-refractivity contribution in [2.45, 2.75) is 18.4 Å². The fourth-order valence-electron chi connectivity index (χ4n) is 1.40. The highest BCUT2D eigenvalue weighted by Gasteiger charge is 2.04. The molecule has 1 N–H and O–H groups in total. The number of thiazole rings is 1. The standard InChI is InChI=1S/C13H13ClN2OS2/c1-9-15-6-12(19-9)7-16-13(17)8-18-11-4-2-10(14)3-5-11/h2-6H,7-8H2,1H3,(H,16,17). The Hall–Kier alpha value is -1.04. The lowest BCUT2D eigenvalue weighted by Crippen LogP contribution is -2.24. The van der Waals surface area contributed by atoms with E-state index >= 15 is 0 Å². The highest BCUT2D eigenvalue weighted by molar-refractivity contribution is 8.00. The van der Waals surface area contributed by atoms with Crippen LogP contribution in [0, 0.1) is 6.92 Å². The number of hydrogen-bond acceptors (Lipinski definition) is 4. The normalized spacial score (nSPS) is 10.4. The SMILES string of the molecule is Cc1ncc(CNC(=O)CSc2ccc(Cl)cc2)s1. The molecule has 1 aromatic heterocycles. The molecule has 100 valence electrons. The van der Waals surface area contributed by atoms with Gasteiger partial charge in [-0.25, -0.2) is 4.98 Å². The summed E-state index contributed by atoms with van der Waals surface area (Å²) < 4.78 is 0. The molecule has 1 amide bonds. The number of hydrogen-bond donors (Lipinski definition) is 1. The van der Waals surface area contributed by atoms with E-state index in [0.717, 1.165) is 14.8 Å². The van der Waals surface area contributed by atoms with E-state index in [1.54, 1.807) is 17.5 Å². The van der Waals surface area contributed by atoms with Gasteiger partial charge in [-0.3, -0.25) is 4.79 Å². The summed E-state index contributed by atoms with van der Waals surface area (Å²) >= 11 is 8.89. The van der Waals surface area contributed by atoms with Crippen molar-refractivity contribution in [2.75, 3.05) is 5.75 Å². The first-order valence-electron chi connectivity index (χ1n) is 5.70. The van der Waals surface area contributed by atoms with Crippen LogP contribution in [0.3, 0.4) is 0 Å². The quantitative estimate of drug-likeness (QED) is 0.859. The number of carbonyl (C=O) groups is 1. The van der Waals surface area contributed by atoms with E-state index in [1.165, 1.54) is 11.8 Å². The van der Waals surface area contributed by atoms with E-state index in [1.807, 2.05) is 31.2 Å². The van der Waals surface area contributed by atoms with Crippen LogP contribution in [0.25, 0.3) is 0 Å². The zero-order valence-electron chi connectivity index (χ0n) is 10.4. The van der Waals surface area contributed by atoms with Crippen LogP contribution in [0.1, 0.15) is 9.88 Å². The Kier molecular flexibility index (Phi) is 5.24. The zero-order valence-corrected chi connectivity index (χ0v) is 12.7. The van der Waals surface area contributed by atoms with E-state index in [9.17, 15) is 4.79 Å². The van der Waals surface area contributed by atoms with Crippen molar-refractivity contribution in [2.24, 2.45) is 0 Å². The smallest absolute Gasteiger partial charge is 0.230 e. The molecule has 1 aromatic carbocycles. The van der Waals surface area contributed by atoms with E-state index in [2.05, 4.69) is 10.3 Å². The molecule has 0 fully saturated rings. The van der Waals surface area contributed by atoms with Gasteiger partial charge in [-0.05, 0) is 31.2 Å². The number of halogens is 1. The first kappa shape index (κ1) is 14.4. The van der Waals surface area contributed by atoms with Gasteiger partial charge in [0.05, 0.1) is 17.3 Å². The Bertz CT molecular complexity index is 554. The molecule has 0 spiro atoms. The number of nitrogens with one attached hydrogen (secondary N) is 1. The Morgan fingerprint density at radius 2 is 2.16 bits per heavy atom. The number of rotatable bonds is 5. The van der Waals surface area contributed by atoms with Crippen LogP contribution < -0.4 is 5.32 Å². The van der Waals surface area contributed by atoms with Gasteiger partial charge in [-0.2, -0.15) is 0 Å². The van der Waals surface area contributed by atoms with Gasteiger partial charge in [0.1, 0.15) is 0 Å². The predicted molar refractivity (Wildman–Crippen MR) is 80.9 cm³/mol. The molecule has 0 unspecified atom stereocenters. The second-order valence-corrected chi connectivity index (χ2v) is 6.67. The summed E-state index contributed by atoms with van der Waals surface area (Å²) in [6.45, 7) is 2.50. The molecule has 0 atom stereocenters. The molecule has 6 heteroatoms. The second kappa shape index (κ2) is 6.93. The number of aromatic nitrogens is 1. The summed E-state index contributed by atoms with van der Waals surface area (Å²) in [5.41, 5.74) is 0. The summed E-state index contributed by atoms with van der Waals surface area (Å²) in [5, 5.41) is 4.60.